The zero-order valence-electron chi connectivity index (χ0n) is 20.2. The van der Waals surface area contributed by atoms with Crippen LogP contribution in [0.4, 0.5) is 22.7 Å². The van der Waals surface area contributed by atoms with Crippen molar-refractivity contribution >= 4 is 34.8 Å². The summed E-state index contributed by atoms with van der Waals surface area (Å²) in [5, 5.41) is 0. The number of aliphatic imine (C=N–C) groups is 4. The van der Waals surface area contributed by atoms with Gasteiger partial charge in [-0.05, 0) is 48.5 Å². The molecule has 4 aromatic carbocycles. The molecule has 0 spiro atoms. The van der Waals surface area contributed by atoms with Crippen LogP contribution in [0.25, 0.3) is 0 Å². The van der Waals surface area contributed by atoms with Crippen molar-refractivity contribution in [2.24, 2.45) is 20.0 Å². The Morgan fingerprint density at radius 1 is 0.447 bits per heavy atom. The Bertz CT molecular complexity index is 1470. The summed E-state index contributed by atoms with van der Waals surface area (Å²) < 4.78 is 25.5. The third kappa shape index (κ3) is 5.18. The largest absolute Gasteiger partial charge is 0.487 e. The summed E-state index contributed by atoms with van der Waals surface area (Å²) in [6.45, 7) is 0.303. The van der Waals surface area contributed by atoms with E-state index in [0.29, 0.717) is 45.7 Å². The van der Waals surface area contributed by atoms with Crippen LogP contribution >= 0.6 is 0 Å². The second-order valence-corrected chi connectivity index (χ2v) is 8.45. The van der Waals surface area contributed by atoms with Crippen LogP contribution in [-0.4, -0.2) is 37.4 Å². The number of rotatable bonds is 1. The fraction of sp³-hybridized carbons (Fsp3) is 0.133. The zero-order chi connectivity index (χ0) is 25.6. The molecule has 2 unspecified atom stereocenters. The second kappa shape index (κ2) is 10.8. The highest BCUT2D eigenvalue weighted by Crippen LogP contribution is 2.34. The van der Waals surface area contributed by atoms with E-state index in [-0.39, 0.29) is 13.2 Å². The van der Waals surface area contributed by atoms with E-state index in [9.17, 15) is 0 Å². The highest BCUT2D eigenvalue weighted by atomic mass is 16.6. The second-order valence-electron chi connectivity index (χ2n) is 8.45. The molecular formula is C30H22N4O4. The summed E-state index contributed by atoms with van der Waals surface area (Å²) >= 11 is 0. The summed E-state index contributed by atoms with van der Waals surface area (Å²) in [5.74, 6) is 2.25. The predicted molar refractivity (Wildman–Crippen MR) is 144 cm³/mol. The molecule has 2 atom stereocenters. The Labute approximate surface area is 219 Å². The standard InChI is InChI=1S/C30H22N4O4/c1-5-13-25-21(9-1)31-19-33-23-11-3-7-15-27(23)37-29(17-35-25)30-18-36-26-14-6-2-10-22(26)32-20-34-24-12-4-8-16-28(24)38-30/h1-16,29-30H,17-18H2. The van der Waals surface area contributed by atoms with Crippen LogP contribution in [0.1, 0.15) is 0 Å². The van der Waals surface area contributed by atoms with E-state index in [1.54, 1.807) is 0 Å². The average Bonchev–Trinajstić information content (AvgIpc) is 3.01. The molecule has 2 aliphatic heterocycles. The van der Waals surface area contributed by atoms with Crippen molar-refractivity contribution in [2.45, 2.75) is 12.2 Å². The molecular weight excluding hydrogens is 480 g/mol. The van der Waals surface area contributed by atoms with Gasteiger partial charge in [0.15, 0.2) is 12.2 Å². The molecule has 0 bridgehead atoms. The zero-order valence-corrected chi connectivity index (χ0v) is 20.2. The number of hydrogen-bond donors (Lipinski definition) is 0. The Morgan fingerprint density at radius 2 is 0.763 bits per heavy atom. The van der Waals surface area contributed by atoms with Crippen LogP contribution in [-0.2, 0) is 0 Å². The van der Waals surface area contributed by atoms with Crippen LogP contribution in [0.3, 0.4) is 0 Å². The molecule has 38 heavy (non-hydrogen) atoms. The van der Waals surface area contributed by atoms with Crippen LogP contribution < -0.4 is 18.9 Å². The van der Waals surface area contributed by atoms with Gasteiger partial charge < -0.3 is 18.9 Å². The maximum Gasteiger partial charge on any atom is 0.173 e. The van der Waals surface area contributed by atoms with Crippen molar-refractivity contribution in [1.29, 1.82) is 0 Å². The van der Waals surface area contributed by atoms with Crippen molar-refractivity contribution in [3.63, 3.8) is 0 Å². The summed E-state index contributed by atoms with van der Waals surface area (Å²) in [5.41, 5.74) is 2.39. The number of nitrogens with zero attached hydrogens (tertiary/aromatic N) is 4. The molecule has 0 N–H and O–H groups in total. The lowest BCUT2D eigenvalue weighted by Crippen LogP contribution is -2.44. The smallest absolute Gasteiger partial charge is 0.173 e. The first-order valence-electron chi connectivity index (χ1n) is 12.1. The van der Waals surface area contributed by atoms with Gasteiger partial charge in [0.2, 0.25) is 0 Å². The van der Waals surface area contributed by atoms with Gasteiger partial charge in [0.25, 0.3) is 0 Å². The van der Waals surface area contributed by atoms with Gasteiger partial charge in [0, 0.05) is 0 Å². The van der Waals surface area contributed by atoms with Crippen molar-refractivity contribution in [3.05, 3.63) is 97.1 Å². The maximum absolute atomic E-state index is 6.51. The van der Waals surface area contributed by atoms with Crippen molar-refractivity contribution in [1.82, 2.24) is 0 Å². The van der Waals surface area contributed by atoms with E-state index >= 15 is 0 Å². The Hall–Kier alpha value is -5.16. The van der Waals surface area contributed by atoms with Gasteiger partial charge in [-0.2, -0.15) is 20.0 Å². The molecule has 0 fully saturated rings. The Kier molecular flexibility index (Phi) is 6.64. The summed E-state index contributed by atoms with van der Waals surface area (Å²) in [7, 11) is 0. The molecule has 186 valence electrons. The fourth-order valence-corrected chi connectivity index (χ4v) is 4.01. The lowest BCUT2D eigenvalue weighted by atomic mass is 10.2. The molecule has 0 aromatic heterocycles. The lowest BCUT2D eigenvalue weighted by molar-refractivity contribution is -0.0000331. The van der Waals surface area contributed by atoms with E-state index in [1.165, 1.54) is 0 Å². The molecule has 8 heteroatoms. The minimum absolute atomic E-state index is 0.151. The van der Waals surface area contributed by atoms with E-state index in [2.05, 4.69) is 32.0 Å². The molecule has 0 aliphatic carbocycles. The molecule has 8 nitrogen and oxygen atoms in total. The first-order valence-corrected chi connectivity index (χ1v) is 12.1. The average molecular weight is 503 g/mol. The van der Waals surface area contributed by atoms with Crippen molar-refractivity contribution in [2.75, 3.05) is 13.2 Å². The number of benzene rings is 4. The third-order valence-electron chi connectivity index (χ3n) is 5.92. The summed E-state index contributed by atoms with van der Waals surface area (Å²) in [6.07, 6.45) is -1.22. The third-order valence-corrected chi connectivity index (χ3v) is 5.92. The van der Waals surface area contributed by atoms with E-state index in [4.69, 9.17) is 18.9 Å². The van der Waals surface area contributed by atoms with Crippen molar-refractivity contribution < 1.29 is 18.9 Å². The highest BCUT2D eigenvalue weighted by Gasteiger charge is 2.30. The molecule has 0 saturated heterocycles. The van der Waals surface area contributed by atoms with Gasteiger partial charge in [-0.15, -0.1) is 0 Å². The number of hydrogen-bond acceptors (Lipinski definition) is 8. The van der Waals surface area contributed by atoms with Gasteiger partial charge in [-0.25, -0.2) is 0 Å². The summed E-state index contributed by atoms with van der Waals surface area (Å²) in [4.78, 5) is 17.5. The Balaban J connectivity index is 1.42. The van der Waals surface area contributed by atoms with Gasteiger partial charge in [0.05, 0.1) is 0 Å². The molecule has 2 heterocycles. The van der Waals surface area contributed by atoms with E-state index in [1.807, 2.05) is 97.1 Å². The topological polar surface area (TPSA) is 86.4 Å². The quantitative estimate of drug-likeness (QED) is 0.282. The maximum atomic E-state index is 6.51. The SMILES string of the molecule is C1=Nc2ccccc2OCC(C2COc3ccccc3N=C=Nc3ccccc3O2)Oc2ccccc2N=1. The molecule has 0 radical (unpaired) electrons. The van der Waals surface area contributed by atoms with Gasteiger partial charge in [0.1, 0.15) is 71.0 Å². The monoisotopic (exact) mass is 502 g/mol. The van der Waals surface area contributed by atoms with Crippen LogP contribution in [0.5, 0.6) is 23.0 Å². The van der Waals surface area contributed by atoms with E-state index in [0.717, 1.165) is 0 Å². The molecule has 4 aromatic rings. The fourth-order valence-electron chi connectivity index (χ4n) is 4.01. The van der Waals surface area contributed by atoms with Crippen LogP contribution in [0.15, 0.2) is 117 Å². The molecule has 0 saturated carbocycles. The van der Waals surface area contributed by atoms with Gasteiger partial charge >= 0.3 is 0 Å². The highest BCUT2D eigenvalue weighted by molar-refractivity contribution is 5.66. The van der Waals surface area contributed by atoms with E-state index < -0.39 is 12.2 Å². The molecule has 6 rings (SSSR count). The Morgan fingerprint density at radius 3 is 1.16 bits per heavy atom. The number of ether oxygens (including phenoxy) is 4. The van der Waals surface area contributed by atoms with Crippen molar-refractivity contribution in [3.8, 4) is 23.0 Å². The molecule has 0 amide bonds. The first-order chi connectivity index (χ1) is 18.8. The van der Waals surface area contributed by atoms with Crippen LogP contribution in [0.2, 0.25) is 0 Å². The minimum Gasteiger partial charge on any atom is -0.487 e. The van der Waals surface area contributed by atoms with Gasteiger partial charge in [-0.1, -0.05) is 48.5 Å². The first kappa shape index (κ1) is 23.3. The molecule has 2 aliphatic rings. The predicted octanol–water partition coefficient (Wildman–Crippen LogP) is 6.94. The number of fused-ring (bicyclic) bond motifs is 4. The summed E-state index contributed by atoms with van der Waals surface area (Å²) in [6, 6.07) is 35.3. The van der Waals surface area contributed by atoms with Crippen LogP contribution in [0, 0.1) is 0 Å². The number of para-hydroxylation sites is 8. The minimum atomic E-state index is -0.608. The lowest BCUT2D eigenvalue weighted by Gasteiger charge is -2.29. The van der Waals surface area contributed by atoms with Gasteiger partial charge in [-0.3, -0.25) is 0 Å². The normalized spacial score (nSPS) is 17.9.